The number of benzene rings is 1. The van der Waals surface area contributed by atoms with E-state index in [-0.39, 0.29) is 16.7 Å². The number of nitro groups is 1. The molecule has 1 aromatic carbocycles. The van der Waals surface area contributed by atoms with Crippen LogP contribution < -0.4 is 10.2 Å². The van der Waals surface area contributed by atoms with E-state index in [2.05, 4.69) is 44.5 Å². The lowest BCUT2D eigenvalue weighted by atomic mass is 9.95. The number of hydrogen-bond acceptors (Lipinski definition) is 7. The number of anilines is 2. The van der Waals surface area contributed by atoms with Crippen molar-refractivity contribution < 1.29 is 4.92 Å². The molecule has 2 heterocycles. The Bertz CT molecular complexity index is 817. The number of aromatic nitrogens is 2. The van der Waals surface area contributed by atoms with Crippen LogP contribution in [0, 0.1) is 10.1 Å². The molecule has 29 heavy (non-hydrogen) atoms. The summed E-state index contributed by atoms with van der Waals surface area (Å²) in [6.45, 7) is 4.03. The summed E-state index contributed by atoms with van der Waals surface area (Å²) in [6.07, 6.45) is 7.08. The van der Waals surface area contributed by atoms with E-state index in [9.17, 15) is 10.1 Å². The molecule has 0 amide bonds. The summed E-state index contributed by atoms with van der Waals surface area (Å²) in [5, 5.41) is 15.2. The molecule has 1 saturated carbocycles. The second kappa shape index (κ2) is 9.17. The van der Waals surface area contributed by atoms with Crippen molar-refractivity contribution in [2.75, 3.05) is 36.4 Å². The predicted octanol–water partition coefficient (Wildman–Crippen LogP) is 3.45. The van der Waals surface area contributed by atoms with E-state index < -0.39 is 0 Å². The topological polar surface area (TPSA) is 87.4 Å². The van der Waals surface area contributed by atoms with Gasteiger partial charge in [0.25, 0.3) is 0 Å². The molecule has 2 fully saturated rings. The molecule has 1 aromatic heterocycles. The van der Waals surface area contributed by atoms with Gasteiger partial charge in [-0.05, 0) is 18.4 Å². The average molecular weight is 396 g/mol. The van der Waals surface area contributed by atoms with Gasteiger partial charge in [-0.3, -0.25) is 15.0 Å². The van der Waals surface area contributed by atoms with Crippen molar-refractivity contribution in [3.63, 3.8) is 0 Å². The maximum Gasteiger partial charge on any atom is 0.353 e. The van der Waals surface area contributed by atoms with Crippen LogP contribution in [0.4, 0.5) is 17.3 Å². The first-order valence-corrected chi connectivity index (χ1v) is 10.5. The number of piperazine rings is 1. The van der Waals surface area contributed by atoms with Crippen molar-refractivity contribution in [2.24, 2.45) is 0 Å². The van der Waals surface area contributed by atoms with Crippen LogP contribution in [0.5, 0.6) is 0 Å². The minimum Gasteiger partial charge on any atom is -0.361 e. The van der Waals surface area contributed by atoms with Gasteiger partial charge in [-0.25, -0.2) is 9.97 Å². The lowest BCUT2D eigenvalue weighted by Crippen LogP contribution is -2.46. The third kappa shape index (κ3) is 4.82. The van der Waals surface area contributed by atoms with E-state index >= 15 is 0 Å². The highest BCUT2D eigenvalue weighted by Gasteiger charge is 2.30. The second-order valence-corrected chi connectivity index (χ2v) is 7.88. The SMILES string of the molecule is O=[N+]([O-])c1c(NC2CCCCC2)ncnc1N1CCN(Cc2ccccc2)CC1. The van der Waals surface area contributed by atoms with Crippen LogP contribution in [0.2, 0.25) is 0 Å². The molecule has 1 N–H and O–H groups in total. The number of hydrogen-bond donors (Lipinski definition) is 1. The monoisotopic (exact) mass is 396 g/mol. The molecule has 0 atom stereocenters. The van der Waals surface area contributed by atoms with Crippen molar-refractivity contribution in [3.8, 4) is 0 Å². The van der Waals surface area contributed by atoms with Crippen molar-refractivity contribution in [2.45, 2.75) is 44.7 Å². The summed E-state index contributed by atoms with van der Waals surface area (Å²) >= 11 is 0. The van der Waals surface area contributed by atoms with Crippen LogP contribution in [0.15, 0.2) is 36.7 Å². The molecule has 154 valence electrons. The Kier molecular flexibility index (Phi) is 6.19. The predicted molar refractivity (Wildman–Crippen MR) is 113 cm³/mol. The van der Waals surface area contributed by atoms with Crippen molar-refractivity contribution in [1.29, 1.82) is 0 Å². The fourth-order valence-corrected chi connectivity index (χ4v) is 4.27. The highest BCUT2D eigenvalue weighted by Crippen LogP contribution is 2.34. The molecule has 1 aliphatic heterocycles. The van der Waals surface area contributed by atoms with Crippen LogP contribution in [-0.2, 0) is 6.54 Å². The Morgan fingerprint density at radius 2 is 1.76 bits per heavy atom. The minimum absolute atomic E-state index is 0.00887. The molecule has 0 radical (unpaired) electrons. The maximum absolute atomic E-state index is 11.9. The Hall–Kier alpha value is -2.74. The highest BCUT2D eigenvalue weighted by atomic mass is 16.6. The molecule has 0 unspecified atom stereocenters. The van der Waals surface area contributed by atoms with Gasteiger partial charge >= 0.3 is 5.69 Å². The Morgan fingerprint density at radius 1 is 1.03 bits per heavy atom. The molecule has 8 nitrogen and oxygen atoms in total. The van der Waals surface area contributed by atoms with E-state index in [0.717, 1.165) is 45.3 Å². The lowest BCUT2D eigenvalue weighted by Gasteiger charge is -2.35. The molecular weight excluding hydrogens is 368 g/mol. The molecule has 0 spiro atoms. The summed E-state index contributed by atoms with van der Waals surface area (Å²) in [5.74, 6) is 0.793. The number of nitrogens with zero attached hydrogens (tertiary/aromatic N) is 5. The quantitative estimate of drug-likeness (QED) is 0.591. The fraction of sp³-hybridized carbons (Fsp3) is 0.524. The van der Waals surface area contributed by atoms with E-state index in [1.165, 1.54) is 18.3 Å². The summed E-state index contributed by atoms with van der Waals surface area (Å²) < 4.78 is 0. The Morgan fingerprint density at radius 3 is 2.45 bits per heavy atom. The maximum atomic E-state index is 11.9. The zero-order valence-corrected chi connectivity index (χ0v) is 16.7. The molecule has 4 rings (SSSR count). The van der Waals surface area contributed by atoms with E-state index in [1.807, 2.05) is 11.0 Å². The first-order chi connectivity index (χ1) is 14.2. The highest BCUT2D eigenvalue weighted by molar-refractivity contribution is 5.70. The van der Waals surface area contributed by atoms with Gasteiger partial charge in [0, 0.05) is 38.8 Å². The summed E-state index contributed by atoms with van der Waals surface area (Å²) in [6, 6.07) is 10.6. The van der Waals surface area contributed by atoms with Crippen LogP contribution in [0.3, 0.4) is 0 Å². The molecule has 2 aromatic rings. The molecule has 1 aliphatic carbocycles. The Balaban J connectivity index is 1.45. The summed E-state index contributed by atoms with van der Waals surface area (Å²) in [4.78, 5) is 24.5. The van der Waals surface area contributed by atoms with Gasteiger partial charge < -0.3 is 10.2 Å². The normalized spacial score (nSPS) is 18.6. The van der Waals surface area contributed by atoms with E-state index in [0.29, 0.717) is 24.7 Å². The summed E-state index contributed by atoms with van der Waals surface area (Å²) in [5.41, 5.74) is 1.29. The Labute approximate surface area is 171 Å². The fourth-order valence-electron chi connectivity index (χ4n) is 4.27. The molecule has 0 bridgehead atoms. The van der Waals surface area contributed by atoms with Crippen molar-refractivity contribution in [3.05, 3.63) is 52.3 Å². The number of rotatable bonds is 6. The van der Waals surface area contributed by atoms with Gasteiger partial charge in [-0.15, -0.1) is 0 Å². The van der Waals surface area contributed by atoms with Crippen molar-refractivity contribution in [1.82, 2.24) is 14.9 Å². The van der Waals surface area contributed by atoms with Crippen molar-refractivity contribution >= 4 is 17.3 Å². The molecule has 1 saturated heterocycles. The molecule has 8 heteroatoms. The van der Waals surface area contributed by atoms with Gasteiger partial charge in [0.2, 0.25) is 11.6 Å². The second-order valence-electron chi connectivity index (χ2n) is 7.88. The standard InChI is InChI=1S/C21H28N6O2/c28-27(29)19-20(24-18-9-5-2-6-10-18)22-16-23-21(19)26-13-11-25(12-14-26)15-17-7-3-1-4-8-17/h1,3-4,7-8,16,18H,2,5-6,9-15H2,(H,22,23,24). The average Bonchev–Trinajstić information content (AvgIpc) is 2.75. The van der Waals surface area contributed by atoms with Gasteiger partial charge in [0.05, 0.1) is 4.92 Å². The largest absolute Gasteiger partial charge is 0.361 e. The smallest absolute Gasteiger partial charge is 0.353 e. The third-order valence-electron chi connectivity index (χ3n) is 5.85. The van der Waals surface area contributed by atoms with Crippen LogP contribution in [0.25, 0.3) is 0 Å². The molecule has 2 aliphatic rings. The summed E-state index contributed by atoms with van der Waals surface area (Å²) in [7, 11) is 0. The van der Waals surface area contributed by atoms with Gasteiger partial charge in [-0.2, -0.15) is 0 Å². The van der Waals surface area contributed by atoms with Gasteiger partial charge in [0.15, 0.2) is 0 Å². The molecular formula is C21H28N6O2. The van der Waals surface area contributed by atoms with Crippen LogP contribution in [-0.4, -0.2) is 52.0 Å². The van der Waals surface area contributed by atoms with E-state index in [4.69, 9.17) is 0 Å². The zero-order valence-electron chi connectivity index (χ0n) is 16.7. The zero-order chi connectivity index (χ0) is 20.1. The van der Waals surface area contributed by atoms with E-state index in [1.54, 1.807) is 0 Å². The minimum atomic E-state index is -0.336. The number of nitrogens with one attached hydrogen (secondary N) is 1. The lowest BCUT2D eigenvalue weighted by molar-refractivity contribution is -0.383. The van der Waals surface area contributed by atoms with Gasteiger partial charge in [-0.1, -0.05) is 49.6 Å². The third-order valence-corrected chi connectivity index (χ3v) is 5.85. The first kappa shape index (κ1) is 19.6. The first-order valence-electron chi connectivity index (χ1n) is 10.5. The van der Waals surface area contributed by atoms with Gasteiger partial charge in [0.1, 0.15) is 6.33 Å². The van der Waals surface area contributed by atoms with Crippen LogP contribution in [0.1, 0.15) is 37.7 Å². The van der Waals surface area contributed by atoms with Crippen LogP contribution >= 0.6 is 0 Å².